The topological polar surface area (TPSA) is 57.6 Å². The molecule has 152 valence electrons. The number of carbonyl (C=O) groups excluding carboxylic acids is 1. The number of thioether (sulfide) groups is 1. The molecule has 7 heteroatoms. The lowest BCUT2D eigenvalue weighted by Gasteiger charge is -2.34. The van der Waals surface area contributed by atoms with Crippen molar-refractivity contribution in [2.45, 2.75) is 23.1 Å². The van der Waals surface area contributed by atoms with E-state index in [1.54, 1.807) is 23.1 Å². The Morgan fingerprint density at radius 3 is 2.50 bits per heavy atom. The Labute approximate surface area is 182 Å². The summed E-state index contributed by atoms with van der Waals surface area (Å²) in [6, 6.07) is 18.5. The fraction of sp³-hybridized carbons (Fsp3) is 0.130. The number of para-hydroxylation sites is 1. The van der Waals surface area contributed by atoms with Gasteiger partial charge in [0, 0.05) is 15.5 Å². The van der Waals surface area contributed by atoms with Gasteiger partial charge in [0.2, 0.25) is 5.91 Å². The monoisotopic (exact) mass is 441 g/mol. The van der Waals surface area contributed by atoms with Crippen LogP contribution in [0.25, 0.3) is 0 Å². The van der Waals surface area contributed by atoms with Gasteiger partial charge in [-0.15, -0.1) is 11.8 Å². The third kappa shape index (κ3) is 4.06. The van der Waals surface area contributed by atoms with Crippen molar-refractivity contribution in [2.24, 2.45) is 0 Å². The molecule has 0 bridgehead atoms. The number of carbonyl (C=O) groups is 2. The summed E-state index contributed by atoms with van der Waals surface area (Å²) in [7, 11) is 0. The zero-order valence-corrected chi connectivity index (χ0v) is 17.3. The van der Waals surface area contributed by atoms with E-state index in [2.05, 4.69) is 0 Å². The Kier molecular flexibility index (Phi) is 5.79. The fourth-order valence-corrected chi connectivity index (χ4v) is 4.90. The Balaban J connectivity index is 1.65. The van der Waals surface area contributed by atoms with Crippen molar-refractivity contribution >= 4 is 40.9 Å². The predicted octanol–water partition coefficient (Wildman–Crippen LogP) is 5.43. The molecule has 0 spiro atoms. The summed E-state index contributed by atoms with van der Waals surface area (Å²) in [4.78, 5) is 26.9. The minimum absolute atomic E-state index is 0.0381. The van der Waals surface area contributed by atoms with E-state index in [9.17, 15) is 14.0 Å². The highest BCUT2D eigenvalue weighted by molar-refractivity contribution is 8.01. The molecule has 1 amide bonds. The van der Waals surface area contributed by atoms with Crippen molar-refractivity contribution in [3.63, 3.8) is 0 Å². The summed E-state index contributed by atoms with van der Waals surface area (Å²) in [5.41, 5.74) is 2.06. The standard InChI is InChI=1S/C23H17ClFNO3S/c24-17-4-3-5-18(25)16(17)13-26-19-6-1-2-7-20(19)30-21(22(26)27)12-14-8-10-15(11-9-14)23(28)29/h1-11,21H,12-13H2,(H,28,29). The van der Waals surface area contributed by atoms with Gasteiger partial charge in [0.05, 0.1) is 23.0 Å². The van der Waals surface area contributed by atoms with Crippen LogP contribution in [-0.4, -0.2) is 22.2 Å². The molecule has 30 heavy (non-hydrogen) atoms. The minimum Gasteiger partial charge on any atom is -0.478 e. The Morgan fingerprint density at radius 1 is 1.07 bits per heavy atom. The van der Waals surface area contributed by atoms with Crippen molar-refractivity contribution in [3.8, 4) is 0 Å². The van der Waals surface area contributed by atoms with Gasteiger partial charge < -0.3 is 10.0 Å². The van der Waals surface area contributed by atoms with Crippen LogP contribution in [-0.2, 0) is 17.8 Å². The number of aromatic carboxylic acids is 1. The number of nitrogens with zero attached hydrogens (tertiary/aromatic N) is 1. The van der Waals surface area contributed by atoms with Gasteiger partial charge in [-0.1, -0.05) is 41.9 Å². The van der Waals surface area contributed by atoms with Crippen LogP contribution in [0.1, 0.15) is 21.5 Å². The van der Waals surface area contributed by atoms with Gasteiger partial charge in [-0.2, -0.15) is 0 Å². The molecule has 4 rings (SSSR count). The molecule has 1 atom stereocenters. The molecule has 3 aromatic carbocycles. The Morgan fingerprint density at radius 2 is 1.80 bits per heavy atom. The number of amides is 1. The average Bonchev–Trinajstić information content (AvgIpc) is 2.73. The molecular weight excluding hydrogens is 425 g/mol. The third-order valence-corrected chi connectivity index (χ3v) is 6.57. The summed E-state index contributed by atoms with van der Waals surface area (Å²) >= 11 is 7.66. The first kappa shape index (κ1) is 20.4. The Hall–Kier alpha value is -2.83. The second-order valence-electron chi connectivity index (χ2n) is 6.91. The minimum atomic E-state index is -0.994. The second-order valence-corrected chi connectivity index (χ2v) is 8.56. The molecular formula is C23H17ClFNO3S. The van der Waals surface area contributed by atoms with E-state index in [1.165, 1.54) is 36.0 Å². The van der Waals surface area contributed by atoms with Crippen LogP contribution in [0.3, 0.4) is 0 Å². The molecule has 1 unspecified atom stereocenters. The molecule has 0 fully saturated rings. The maximum absolute atomic E-state index is 14.4. The maximum atomic E-state index is 14.4. The van der Waals surface area contributed by atoms with Crippen LogP contribution in [0.5, 0.6) is 0 Å². The number of halogens is 2. The Bertz CT molecular complexity index is 1100. The van der Waals surface area contributed by atoms with Crippen molar-refractivity contribution in [2.75, 3.05) is 4.90 Å². The maximum Gasteiger partial charge on any atom is 0.335 e. The largest absolute Gasteiger partial charge is 0.478 e. The number of carboxylic acids is 1. The van der Waals surface area contributed by atoms with Crippen LogP contribution in [0.4, 0.5) is 10.1 Å². The molecule has 0 saturated heterocycles. The van der Waals surface area contributed by atoms with Crippen LogP contribution in [0, 0.1) is 5.82 Å². The first-order valence-corrected chi connectivity index (χ1v) is 10.5. The molecule has 1 heterocycles. The van der Waals surface area contributed by atoms with E-state index in [4.69, 9.17) is 16.7 Å². The zero-order chi connectivity index (χ0) is 21.3. The predicted molar refractivity (Wildman–Crippen MR) is 116 cm³/mol. The summed E-state index contributed by atoms with van der Waals surface area (Å²) < 4.78 is 14.4. The zero-order valence-electron chi connectivity index (χ0n) is 15.7. The lowest BCUT2D eigenvalue weighted by molar-refractivity contribution is -0.118. The van der Waals surface area contributed by atoms with E-state index < -0.39 is 17.0 Å². The quantitative estimate of drug-likeness (QED) is 0.573. The van der Waals surface area contributed by atoms with E-state index in [0.717, 1.165) is 16.1 Å². The number of hydrogen-bond acceptors (Lipinski definition) is 3. The first-order chi connectivity index (χ1) is 14.4. The number of fused-ring (bicyclic) bond motifs is 1. The van der Waals surface area contributed by atoms with Gasteiger partial charge in [0.1, 0.15) is 5.82 Å². The normalized spacial score (nSPS) is 15.7. The van der Waals surface area contributed by atoms with Crippen LogP contribution < -0.4 is 4.90 Å². The highest BCUT2D eigenvalue weighted by Crippen LogP contribution is 2.41. The molecule has 3 aromatic rings. The molecule has 1 aliphatic heterocycles. The molecule has 4 nitrogen and oxygen atoms in total. The second kappa shape index (κ2) is 8.50. The summed E-state index contributed by atoms with van der Waals surface area (Å²) in [6.45, 7) is 0.0381. The van der Waals surface area contributed by atoms with Crippen LogP contribution in [0.2, 0.25) is 5.02 Å². The third-order valence-electron chi connectivity index (χ3n) is 4.97. The van der Waals surface area contributed by atoms with Crippen LogP contribution in [0.15, 0.2) is 71.6 Å². The molecule has 1 aliphatic rings. The lowest BCUT2D eigenvalue weighted by atomic mass is 10.1. The highest BCUT2D eigenvalue weighted by Gasteiger charge is 2.34. The van der Waals surface area contributed by atoms with Crippen molar-refractivity contribution in [1.29, 1.82) is 0 Å². The van der Waals surface area contributed by atoms with Gasteiger partial charge in [-0.05, 0) is 48.4 Å². The summed E-state index contributed by atoms with van der Waals surface area (Å²) in [6.07, 6.45) is 0.430. The van der Waals surface area contributed by atoms with Crippen molar-refractivity contribution in [1.82, 2.24) is 0 Å². The number of anilines is 1. The van der Waals surface area contributed by atoms with E-state index in [1.807, 2.05) is 24.3 Å². The molecule has 0 saturated carbocycles. The number of carboxylic acid groups (broad SMARTS) is 1. The SMILES string of the molecule is O=C(O)c1ccc(CC2Sc3ccccc3N(Cc3c(F)cccc3Cl)C2=O)cc1. The van der Waals surface area contributed by atoms with Crippen molar-refractivity contribution < 1.29 is 19.1 Å². The van der Waals surface area contributed by atoms with Gasteiger partial charge in [0.25, 0.3) is 0 Å². The first-order valence-electron chi connectivity index (χ1n) is 9.26. The van der Waals surface area contributed by atoms with Gasteiger partial charge in [-0.25, -0.2) is 9.18 Å². The van der Waals surface area contributed by atoms with Crippen LogP contribution >= 0.6 is 23.4 Å². The van der Waals surface area contributed by atoms with E-state index >= 15 is 0 Å². The van der Waals surface area contributed by atoms with Gasteiger partial charge in [-0.3, -0.25) is 4.79 Å². The number of rotatable bonds is 5. The summed E-state index contributed by atoms with van der Waals surface area (Å²) in [5.74, 6) is -1.58. The molecule has 0 radical (unpaired) electrons. The van der Waals surface area contributed by atoms with Crippen molar-refractivity contribution in [3.05, 3.63) is 94.3 Å². The lowest BCUT2D eigenvalue weighted by Crippen LogP contribution is -2.41. The fourth-order valence-electron chi connectivity index (χ4n) is 3.41. The smallest absolute Gasteiger partial charge is 0.335 e. The molecule has 1 N–H and O–H groups in total. The van der Waals surface area contributed by atoms with Gasteiger partial charge >= 0.3 is 5.97 Å². The number of hydrogen-bond donors (Lipinski definition) is 1. The van der Waals surface area contributed by atoms with E-state index in [-0.39, 0.29) is 28.6 Å². The molecule has 0 aliphatic carbocycles. The molecule has 0 aromatic heterocycles. The number of benzene rings is 3. The van der Waals surface area contributed by atoms with Gasteiger partial charge in [0.15, 0.2) is 0 Å². The van der Waals surface area contributed by atoms with E-state index in [0.29, 0.717) is 6.42 Å². The average molecular weight is 442 g/mol. The highest BCUT2D eigenvalue weighted by atomic mass is 35.5. The summed E-state index contributed by atoms with van der Waals surface area (Å²) in [5, 5.41) is 8.92.